The number of rotatable bonds is 2. The fourth-order valence-corrected chi connectivity index (χ4v) is 3.95. The fraction of sp³-hybridized carbons (Fsp3) is 0.444. The topological polar surface area (TPSA) is 79.5 Å². The highest BCUT2D eigenvalue weighted by Gasteiger charge is 2.44. The first-order valence-corrected chi connectivity index (χ1v) is 8.55. The number of carbonyl (C=O) groups excluding carboxylic acids is 2. The van der Waals surface area contributed by atoms with Gasteiger partial charge in [0.1, 0.15) is 5.69 Å². The van der Waals surface area contributed by atoms with E-state index in [1.54, 1.807) is 18.3 Å². The Balaban J connectivity index is 1.46. The van der Waals surface area contributed by atoms with Crippen molar-refractivity contribution in [3.05, 3.63) is 48.4 Å². The molecule has 2 amide bonds. The van der Waals surface area contributed by atoms with Crippen molar-refractivity contribution in [2.45, 2.75) is 19.3 Å². The first-order chi connectivity index (χ1) is 12.2. The van der Waals surface area contributed by atoms with Gasteiger partial charge in [0.2, 0.25) is 0 Å². The number of likely N-dealkylation sites (tertiary alicyclic amines) is 2. The van der Waals surface area contributed by atoms with Crippen LogP contribution in [0.2, 0.25) is 0 Å². The average molecular weight is 340 g/mol. The van der Waals surface area contributed by atoms with Crippen LogP contribution in [0.5, 0.6) is 0 Å². The normalized spacial score (nSPS) is 23.2. The Morgan fingerprint density at radius 3 is 2.64 bits per heavy atom. The molecule has 0 N–H and O–H groups in total. The van der Waals surface area contributed by atoms with Gasteiger partial charge in [-0.15, -0.1) is 0 Å². The Bertz CT molecular complexity index is 762. The van der Waals surface area contributed by atoms with Crippen LogP contribution in [0, 0.1) is 5.41 Å². The Labute approximate surface area is 145 Å². The maximum absolute atomic E-state index is 12.6. The Kier molecular flexibility index (Phi) is 3.99. The number of aromatic nitrogens is 2. The summed E-state index contributed by atoms with van der Waals surface area (Å²) in [7, 11) is 0. The number of hydrogen-bond acceptors (Lipinski definition) is 5. The zero-order valence-corrected chi connectivity index (χ0v) is 13.9. The predicted molar refractivity (Wildman–Crippen MR) is 88.8 cm³/mol. The molecule has 0 aliphatic carbocycles. The standard InChI is InChI=1S/C18H20N4O3/c23-16(14-11-19-6-7-20-14)22-9-5-18(13-22)4-2-8-21(12-18)17(24)15-3-1-10-25-15/h1,3,6-7,10-11H,2,4-5,8-9,12-13H2/t18-/m1/s1. The van der Waals surface area contributed by atoms with Gasteiger partial charge < -0.3 is 14.2 Å². The van der Waals surface area contributed by atoms with Gasteiger partial charge in [0.25, 0.3) is 11.8 Å². The lowest BCUT2D eigenvalue weighted by molar-refractivity contribution is 0.0489. The van der Waals surface area contributed by atoms with Gasteiger partial charge in [-0.1, -0.05) is 0 Å². The van der Waals surface area contributed by atoms with E-state index in [0.717, 1.165) is 25.8 Å². The lowest BCUT2D eigenvalue weighted by atomic mass is 9.79. The minimum atomic E-state index is -0.0838. The summed E-state index contributed by atoms with van der Waals surface area (Å²) in [5, 5.41) is 0. The van der Waals surface area contributed by atoms with Gasteiger partial charge in [-0.05, 0) is 31.4 Å². The molecule has 0 bridgehead atoms. The molecule has 4 heterocycles. The highest BCUT2D eigenvalue weighted by molar-refractivity contribution is 5.92. The van der Waals surface area contributed by atoms with Crippen LogP contribution < -0.4 is 0 Å². The maximum Gasteiger partial charge on any atom is 0.289 e. The van der Waals surface area contributed by atoms with Crippen LogP contribution in [0.3, 0.4) is 0 Å². The minimum absolute atomic E-state index is 0.0294. The molecule has 0 unspecified atom stereocenters. The van der Waals surface area contributed by atoms with Crippen LogP contribution in [0.25, 0.3) is 0 Å². The zero-order valence-electron chi connectivity index (χ0n) is 13.9. The molecule has 1 spiro atoms. The third kappa shape index (κ3) is 3.01. The van der Waals surface area contributed by atoms with Crippen molar-refractivity contribution < 1.29 is 14.0 Å². The van der Waals surface area contributed by atoms with Crippen molar-refractivity contribution in [2.75, 3.05) is 26.2 Å². The van der Waals surface area contributed by atoms with Gasteiger partial charge in [-0.3, -0.25) is 14.6 Å². The molecule has 1 atom stereocenters. The number of nitrogens with zero attached hydrogens (tertiary/aromatic N) is 4. The second kappa shape index (κ2) is 6.31. The third-order valence-corrected chi connectivity index (χ3v) is 5.19. The molecule has 2 aromatic heterocycles. The second-order valence-corrected chi connectivity index (χ2v) is 6.87. The molecule has 2 aromatic rings. The van der Waals surface area contributed by atoms with E-state index in [2.05, 4.69) is 9.97 Å². The van der Waals surface area contributed by atoms with Crippen LogP contribution >= 0.6 is 0 Å². The number of piperidine rings is 1. The van der Waals surface area contributed by atoms with Gasteiger partial charge in [-0.25, -0.2) is 4.98 Å². The van der Waals surface area contributed by atoms with E-state index in [1.165, 1.54) is 18.7 Å². The number of hydrogen-bond donors (Lipinski definition) is 0. The Morgan fingerprint density at radius 1 is 1.08 bits per heavy atom. The van der Waals surface area contributed by atoms with Crippen LogP contribution in [-0.2, 0) is 0 Å². The van der Waals surface area contributed by atoms with E-state index < -0.39 is 0 Å². The molecule has 130 valence electrons. The molecular weight excluding hydrogens is 320 g/mol. The molecule has 2 aliphatic heterocycles. The zero-order chi connectivity index (χ0) is 17.3. The van der Waals surface area contributed by atoms with Crippen LogP contribution in [-0.4, -0.2) is 57.8 Å². The number of carbonyl (C=O) groups is 2. The summed E-state index contributed by atoms with van der Waals surface area (Å²) in [5.74, 6) is 0.227. The molecule has 7 heteroatoms. The predicted octanol–water partition coefficient (Wildman–Crippen LogP) is 1.84. The highest BCUT2D eigenvalue weighted by Crippen LogP contribution is 2.39. The van der Waals surface area contributed by atoms with E-state index in [1.807, 2.05) is 9.80 Å². The quantitative estimate of drug-likeness (QED) is 0.833. The molecule has 25 heavy (non-hydrogen) atoms. The van der Waals surface area contributed by atoms with Crippen molar-refractivity contribution in [1.29, 1.82) is 0 Å². The summed E-state index contributed by atoms with van der Waals surface area (Å²) >= 11 is 0. The minimum Gasteiger partial charge on any atom is -0.459 e. The lowest BCUT2D eigenvalue weighted by Gasteiger charge is -2.40. The molecule has 7 nitrogen and oxygen atoms in total. The van der Waals surface area contributed by atoms with Crippen molar-refractivity contribution >= 4 is 11.8 Å². The third-order valence-electron chi connectivity index (χ3n) is 5.19. The van der Waals surface area contributed by atoms with Gasteiger partial charge in [0, 0.05) is 44.0 Å². The summed E-state index contributed by atoms with van der Waals surface area (Å²) in [6.07, 6.45) is 8.98. The SMILES string of the molecule is O=C(c1cnccn1)N1CC[C@@]2(CCCN(C(=O)c3ccco3)C2)C1. The summed E-state index contributed by atoms with van der Waals surface area (Å²) in [6, 6.07) is 3.42. The highest BCUT2D eigenvalue weighted by atomic mass is 16.3. The molecule has 2 fully saturated rings. The summed E-state index contributed by atoms with van der Waals surface area (Å²) in [5.41, 5.74) is 0.345. The van der Waals surface area contributed by atoms with E-state index in [-0.39, 0.29) is 17.2 Å². The van der Waals surface area contributed by atoms with E-state index >= 15 is 0 Å². The van der Waals surface area contributed by atoms with Crippen molar-refractivity contribution in [3.8, 4) is 0 Å². The van der Waals surface area contributed by atoms with Crippen molar-refractivity contribution in [1.82, 2.24) is 19.8 Å². The van der Waals surface area contributed by atoms with Crippen LogP contribution in [0.1, 0.15) is 40.3 Å². The van der Waals surface area contributed by atoms with Crippen LogP contribution in [0.4, 0.5) is 0 Å². The largest absolute Gasteiger partial charge is 0.459 e. The summed E-state index contributed by atoms with van der Waals surface area (Å²) in [6.45, 7) is 2.75. The Hall–Kier alpha value is -2.70. The fourth-order valence-electron chi connectivity index (χ4n) is 3.95. The molecule has 4 rings (SSSR count). The average Bonchev–Trinajstić information content (AvgIpc) is 3.32. The molecule has 2 saturated heterocycles. The molecule has 0 saturated carbocycles. The van der Waals surface area contributed by atoms with Crippen LogP contribution in [0.15, 0.2) is 41.4 Å². The van der Waals surface area contributed by atoms with E-state index in [9.17, 15) is 9.59 Å². The first-order valence-electron chi connectivity index (χ1n) is 8.55. The second-order valence-electron chi connectivity index (χ2n) is 6.87. The number of amides is 2. The van der Waals surface area contributed by atoms with Gasteiger partial charge in [-0.2, -0.15) is 0 Å². The van der Waals surface area contributed by atoms with Gasteiger partial charge in [0.15, 0.2) is 5.76 Å². The maximum atomic E-state index is 12.6. The van der Waals surface area contributed by atoms with E-state index in [4.69, 9.17) is 4.42 Å². The number of furan rings is 1. The van der Waals surface area contributed by atoms with Gasteiger partial charge in [0.05, 0.1) is 12.5 Å². The van der Waals surface area contributed by atoms with E-state index in [0.29, 0.717) is 31.1 Å². The molecule has 0 radical (unpaired) electrons. The Morgan fingerprint density at radius 2 is 1.92 bits per heavy atom. The lowest BCUT2D eigenvalue weighted by Crippen LogP contribution is -2.47. The van der Waals surface area contributed by atoms with Crippen molar-refractivity contribution in [3.63, 3.8) is 0 Å². The monoisotopic (exact) mass is 340 g/mol. The molecular formula is C18H20N4O3. The summed E-state index contributed by atoms with van der Waals surface area (Å²) in [4.78, 5) is 36.9. The smallest absolute Gasteiger partial charge is 0.289 e. The summed E-state index contributed by atoms with van der Waals surface area (Å²) < 4.78 is 5.25. The van der Waals surface area contributed by atoms with Crippen molar-refractivity contribution in [2.24, 2.45) is 5.41 Å². The molecule has 0 aromatic carbocycles. The molecule has 2 aliphatic rings. The first kappa shape index (κ1) is 15.8. The van der Waals surface area contributed by atoms with Gasteiger partial charge >= 0.3 is 0 Å².